The molecule has 0 aromatic carbocycles. The number of alkyl halides is 6. The first-order valence-corrected chi connectivity index (χ1v) is 10.2. The van der Waals surface area contributed by atoms with Crippen molar-refractivity contribution in [2.45, 2.75) is 83.4 Å². The van der Waals surface area contributed by atoms with Crippen LogP contribution in [0.5, 0.6) is 0 Å². The Balaban J connectivity index is 1.74. The van der Waals surface area contributed by atoms with Crippen LogP contribution in [0.2, 0.25) is 0 Å². The Hall–Kier alpha value is -0.990. The van der Waals surface area contributed by atoms with Crippen molar-refractivity contribution in [1.29, 1.82) is 0 Å². The third kappa shape index (κ3) is 3.45. The SMILES string of the molecule is CC(C)C1(C(=O)OC2CC3CC(CC(O)(C(F)(F)F)C(F)(F)F)C2C3)CCC1C. The minimum absolute atomic E-state index is 0.0358. The molecule has 3 nitrogen and oxygen atoms in total. The summed E-state index contributed by atoms with van der Waals surface area (Å²) in [5, 5.41) is 9.57. The molecule has 0 aliphatic heterocycles. The Morgan fingerprint density at radius 3 is 2.07 bits per heavy atom. The van der Waals surface area contributed by atoms with Crippen molar-refractivity contribution >= 4 is 5.97 Å². The Morgan fingerprint density at radius 2 is 1.69 bits per heavy atom. The van der Waals surface area contributed by atoms with Crippen LogP contribution in [0, 0.1) is 35.0 Å². The summed E-state index contributed by atoms with van der Waals surface area (Å²) in [4.78, 5) is 12.9. The van der Waals surface area contributed by atoms with Crippen molar-refractivity contribution in [3.8, 4) is 0 Å². The molecule has 0 heterocycles. The normalized spacial score (nSPS) is 37.7. The fourth-order valence-corrected chi connectivity index (χ4v) is 5.96. The van der Waals surface area contributed by atoms with Crippen molar-refractivity contribution in [3.63, 3.8) is 0 Å². The van der Waals surface area contributed by atoms with Crippen LogP contribution >= 0.6 is 0 Å². The van der Waals surface area contributed by atoms with E-state index in [1.54, 1.807) is 0 Å². The molecule has 1 N–H and O–H groups in total. The molecule has 0 aromatic heterocycles. The molecule has 0 saturated heterocycles. The molecule has 3 fully saturated rings. The first-order valence-electron chi connectivity index (χ1n) is 10.2. The highest BCUT2D eigenvalue weighted by atomic mass is 19.4. The average Bonchev–Trinajstić information content (AvgIpc) is 3.10. The van der Waals surface area contributed by atoms with Gasteiger partial charge in [-0.15, -0.1) is 0 Å². The summed E-state index contributed by atoms with van der Waals surface area (Å²) < 4.78 is 84.3. The van der Waals surface area contributed by atoms with Gasteiger partial charge in [0.15, 0.2) is 0 Å². The molecule has 0 amide bonds. The van der Waals surface area contributed by atoms with Gasteiger partial charge in [0, 0.05) is 0 Å². The lowest BCUT2D eigenvalue weighted by Crippen LogP contribution is -2.58. The zero-order valence-electron chi connectivity index (χ0n) is 16.7. The summed E-state index contributed by atoms with van der Waals surface area (Å²) in [6, 6.07) is 0. The van der Waals surface area contributed by atoms with E-state index in [-0.39, 0.29) is 30.1 Å². The van der Waals surface area contributed by atoms with Gasteiger partial charge < -0.3 is 9.84 Å². The number of rotatable bonds is 5. The zero-order valence-corrected chi connectivity index (χ0v) is 16.7. The van der Waals surface area contributed by atoms with Crippen LogP contribution in [0.1, 0.15) is 59.3 Å². The monoisotopic (exact) mass is 430 g/mol. The smallest absolute Gasteiger partial charge is 0.426 e. The minimum Gasteiger partial charge on any atom is -0.462 e. The van der Waals surface area contributed by atoms with E-state index in [4.69, 9.17) is 4.74 Å². The molecule has 9 heteroatoms. The number of carbonyl (C=O) groups is 1. The third-order valence-electron chi connectivity index (χ3n) is 7.92. The van der Waals surface area contributed by atoms with Crippen molar-refractivity contribution < 1.29 is 41.0 Å². The molecule has 3 rings (SSSR count). The Morgan fingerprint density at radius 1 is 1.10 bits per heavy atom. The maximum absolute atomic E-state index is 13.1. The molecule has 3 aliphatic rings. The van der Waals surface area contributed by atoms with Crippen molar-refractivity contribution in [2.24, 2.45) is 35.0 Å². The lowest BCUT2D eigenvalue weighted by atomic mass is 9.55. The standard InChI is InChI=1S/C20H28F6O3/c1-10(2)17(5-4-11(17)3)16(27)29-15-8-12-6-13(14(15)7-12)9-18(28,19(21,22)23)20(24,25)26/h10-15,28H,4-9H2,1-3H3. The predicted molar refractivity (Wildman–Crippen MR) is 91.5 cm³/mol. The van der Waals surface area contributed by atoms with E-state index in [0.29, 0.717) is 19.3 Å². The van der Waals surface area contributed by atoms with Crippen molar-refractivity contribution in [1.82, 2.24) is 0 Å². The van der Waals surface area contributed by atoms with E-state index in [1.165, 1.54) is 0 Å². The van der Waals surface area contributed by atoms with Crippen LogP contribution < -0.4 is 0 Å². The number of carbonyl (C=O) groups excluding carboxylic acids is 1. The maximum Gasteiger partial charge on any atom is 0.426 e. The number of hydrogen-bond acceptors (Lipinski definition) is 3. The number of ether oxygens (including phenoxy) is 1. The summed E-state index contributed by atoms with van der Waals surface area (Å²) in [7, 11) is 0. The summed E-state index contributed by atoms with van der Waals surface area (Å²) in [5.41, 5.74) is -5.37. The first kappa shape index (κ1) is 22.7. The largest absolute Gasteiger partial charge is 0.462 e. The Bertz CT molecular complexity index is 622. The molecular weight excluding hydrogens is 402 g/mol. The molecule has 29 heavy (non-hydrogen) atoms. The second-order valence-electron chi connectivity index (χ2n) is 9.64. The quantitative estimate of drug-likeness (QED) is 0.478. The molecule has 3 aliphatic carbocycles. The highest BCUT2D eigenvalue weighted by Crippen LogP contribution is 2.58. The fraction of sp³-hybridized carbons (Fsp3) is 0.950. The number of esters is 1. The molecule has 2 bridgehead atoms. The number of aliphatic hydroxyl groups is 1. The summed E-state index contributed by atoms with van der Waals surface area (Å²) in [6.45, 7) is 5.81. The van der Waals surface area contributed by atoms with Gasteiger partial charge in [0.05, 0.1) is 5.41 Å². The third-order valence-corrected chi connectivity index (χ3v) is 7.92. The zero-order chi connectivity index (χ0) is 22.0. The van der Waals surface area contributed by atoms with Crippen LogP contribution in [0.15, 0.2) is 0 Å². The molecule has 3 saturated carbocycles. The van der Waals surface area contributed by atoms with Crippen molar-refractivity contribution in [3.05, 3.63) is 0 Å². The van der Waals surface area contributed by atoms with Gasteiger partial charge in [-0.1, -0.05) is 20.8 Å². The predicted octanol–water partition coefficient (Wildman–Crippen LogP) is 5.26. The topological polar surface area (TPSA) is 46.5 Å². The maximum atomic E-state index is 13.1. The van der Waals surface area contributed by atoms with Gasteiger partial charge in [0.2, 0.25) is 0 Å². The van der Waals surface area contributed by atoms with Crippen LogP contribution in [-0.4, -0.2) is 35.1 Å². The van der Waals surface area contributed by atoms with E-state index in [1.807, 2.05) is 20.8 Å². The lowest BCUT2D eigenvalue weighted by Gasteiger charge is -2.49. The molecule has 6 atom stereocenters. The lowest BCUT2D eigenvalue weighted by molar-refractivity contribution is -0.373. The van der Waals surface area contributed by atoms with E-state index in [9.17, 15) is 36.2 Å². The van der Waals surface area contributed by atoms with Crippen molar-refractivity contribution in [2.75, 3.05) is 0 Å². The molecule has 6 unspecified atom stereocenters. The highest BCUT2D eigenvalue weighted by Gasteiger charge is 2.71. The van der Waals surface area contributed by atoms with Gasteiger partial charge in [0.25, 0.3) is 5.60 Å². The van der Waals surface area contributed by atoms with Crippen LogP contribution in [-0.2, 0) is 9.53 Å². The van der Waals surface area contributed by atoms with E-state index in [2.05, 4.69) is 0 Å². The highest BCUT2D eigenvalue weighted by molar-refractivity contribution is 5.79. The van der Waals surface area contributed by atoms with Crippen LogP contribution in [0.3, 0.4) is 0 Å². The number of halogens is 6. The van der Waals surface area contributed by atoms with Gasteiger partial charge in [-0.2, -0.15) is 26.3 Å². The summed E-state index contributed by atoms with van der Waals surface area (Å²) in [5.74, 6) is -1.88. The number of hydrogen-bond donors (Lipinski definition) is 1. The molecule has 0 aromatic rings. The van der Waals surface area contributed by atoms with E-state index < -0.39 is 47.7 Å². The molecule has 0 radical (unpaired) electrons. The molecule has 0 spiro atoms. The Kier molecular flexibility index (Phi) is 5.49. The van der Waals surface area contributed by atoms with E-state index >= 15 is 0 Å². The second-order valence-corrected chi connectivity index (χ2v) is 9.64. The second kappa shape index (κ2) is 7.02. The summed E-state index contributed by atoms with van der Waals surface area (Å²) >= 11 is 0. The van der Waals surface area contributed by atoms with Gasteiger partial charge in [-0.3, -0.25) is 4.79 Å². The van der Waals surface area contributed by atoms with Gasteiger partial charge >= 0.3 is 18.3 Å². The first-order chi connectivity index (χ1) is 13.1. The van der Waals surface area contributed by atoms with Gasteiger partial charge in [0.1, 0.15) is 6.10 Å². The average molecular weight is 430 g/mol. The molecule has 168 valence electrons. The minimum atomic E-state index is -5.82. The summed E-state index contributed by atoms with van der Waals surface area (Å²) in [6.07, 6.45) is -11.1. The van der Waals surface area contributed by atoms with E-state index in [0.717, 1.165) is 6.42 Å². The fourth-order valence-electron chi connectivity index (χ4n) is 5.96. The van der Waals surface area contributed by atoms with Crippen LogP contribution in [0.4, 0.5) is 26.3 Å². The van der Waals surface area contributed by atoms with Gasteiger partial charge in [-0.25, -0.2) is 0 Å². The number of fused-ring (bicyclic) bond motifs is 2. The Labute approximate surface area is 166 Å². The van der Waals surface area contributed by atoms with Crippen LogP contribution in [0.25, 0.3) is 0 Å². The molecular formula is C20H28F6O3. The van der Waals surface area contributed by atoms with Gasteiger partial charge in [-0.05, 0) is 68.1 Å².